The lowest BCUT2D eigenvalue weighted by molar-refractivity contribution is -0.144. The molecule has 2 atom stereocenters. The van der Waals surface area contributed by atoms with E-state index >= 15 is 0 Å². The van der Waals surface area contributed by atoms with Gasteiger partial charge in [0, 0.05) is 4.47 Å². The molecule has 0 N–H and O–H groups in total. The topological polar surface area (TPSA) is 62.6 Å². The van der Waals surface area contributed by atoms with Gasteiger partial charge in [-0.05, 0) is 17.7 Å². The fourth-order valence-corrected chi connectivity index (χ4v) is 1.79. The normalized spacial score (nSPS) is 26.9. The number of epoxide rings is 1. The number of hydrogen-bond donors (Lipinski definition) is 0. The molecule has 0 unspecified atom stereocenters. The molecule has 1 heterocycles. The second kappa shape index (κ2) is 3.89. The molecule has 1 fully saturated rings. The molecule has 0 aliphatic carbocycles. The number of rotatable bonds is 2. The summed E-state index contributed by atoms with van der Waals surface area (Å²) in [5.41, 5.74) is -0.669. The van der Waals surface area contributed by atoms with Crippen LogP contribution >= 0.6 is 15.9 Å². The van der Waals surface area contributed by atoms with Crippen LogP contribution in [0.2, 0.25) is 0 Å². The first-order valence-corrected chi connectivity index (χ1v) is 5.36. The Morgan fingerprint density at radius 2 is 2.19 bits per heavy atom. The van der Waals surface area contributed by atoms with E-state index in [0.717, 1.165) is 10.0 Å². The van der Waals surface area contributed by atoms with Gasteiger partial charge in [0.2, 0.25) is 0 Å². The summed E-state index contributed by atoms with van der Waals surface area (Å²) in [4.78, 5) is 11.4. The van der Waals surface area contributed by atoms with Gasteiger partial charge in [0.15, 0.2) is 0 Å². The number of ether oxygens (including phenoxy) is 2. The van der Waals surface area contributed by atoms with E-state index in [9.17, 15) is 4.79 Å². The van der Waals surface area contributed by atoms with Crippen molar-refractivity contribution in [3.63, 3.8) is 0 Å². The second-order valence-electron chi connectivity index (χ2n) is 3.39. The monoisotopic (exact) mass is 281 g/mol. The average Bonchev–Trinajstić information content (AvgIpc) is 3.05. The molecule has 82 valence electrons. The summed E-state index contributed by atoms with van der Waals surface area (Å²) in [6, 6.07) is 9.12. The van der Waals surface area contributed by atoms with Crippen molar-refractivity contribution in [1.29, 1.82) is 5.26 Å². The van der Waals surface area contributed by atoms with Crippen molar-refractivity contribution in [3.8, 4) is 6.07 Å². The van der Waals surface area contributed by atoms with Gasteiger partial charge in [-0.15, -0.1) is 0 Å². The summed E-state index contributed by atoms with van der Waals surface area (Å²) in [5, 5.41) is 8.96. The summed E-state index contributed by atoms with van der Waals surface area (Å²) in [5.74, 6) is -0.650. The highest BCUT2D eigenvalue weighted by molar-refractivity contribution is 9.10. The summed E-state index contributed by atoms with van der Waals surface area (Å²) in [7, 11) is 1.24. The number of carbonyl (C=O) groups excluding carboxylic acids is 1. The number of esters is 1. The maximum atomic E-state index is 11.4. The van der Waals surface area contributed by atoms with Gasteiger partial charge in [-0.25, -0.2) is 4.79 Å². The lowest BCUT2D eigenvalue weighted by Gasteiger charge is -2.01. The molecule has 0 radical (unpaired) electrons. The zero-order chi connectivity index (χ0) is 11.8. The van der Waals surface area contributed by atoms with Crippen LogP contribution in [0, 0.1) is 11.3 Å². The third-order valence-electron chi connectivity index (χ3n) is 2.44. The molecule has 0 amide bonds. The van der Waals surface area contributed by atoms with Gasteiger partial charge in [-0.1, -0.05) is 28.1 Å². The fraction of sp³-hybridized carbons (Fsp3) is 0.273. The number of carbonyl (C=O) groups is 1. The molecular weight excluding hydrogens is 274 g/mol. The Morgan fingerprint density at radius 3 is 2.69 bits per heavy atom. The molecule has 0 aromatic heterocycles. The predicted octanol–water partition coefficient (Wildman–Crippen LogP) is 1.96. The van der Waals surface area contributed by atoms with Crippen molar-refractivity contribution in [2.45, 2.75) is 11.7 Å². The Hall–Kier alpha value is -1.38. The quantitative estimate of drug-likeness (QED) is 0.614. The molecule has 16 heavy (non-hydrogen) atoms. The molecule has 4 nitrogen and oxygen atoms in total. The van der Waals surface area contributed by atoms with E-state index < -0.39 is 17.7 Å². The molecule has 0 saturated carbocycles. The molecule has 1 saturated heterocycles. The SMILES string of the molecule is COC(=O)[C@@]1(C#N)O[C@@H]1c1ccc(Br)cc1. The highest BCUT2D eigenvalue weighted by atomic mass is 79.9. The van der Waals surface area contributed by atoms with E-state index in [-0.39, 0.29) is 0 Å². The molecular formula is C11H8BrNO3. The number of nitrogens with zero attached hydrogens (tertiary/aromatic N) is 1. The highest BCUT2D eigenvalue weighted by Crippen LogP contribution is 2.50. The molecule has 1 aromatic carbocycles. The number of benzene rings is 1. The summed E-state index contributed by atoms with van der Waals surface area (Å²) >= 11 is 3.31. The van der Waals surface area contributed by atoms with Crippen LogP contribution in [0.4, 0.5) is 0 Å². The van der Waals surface area contributed by atoms with E-state index in [2.05, 4.69) is 20.7 Å². The third-order valence-corrected chi connectivity index (χ3v) is 2.97. The zero-order valence-corrected chi connectivity index (χ0v) is 10.0. The fourth-order valence-electron chi connectivity index (χ4n) is 1.53. The average molecular weight is 282 g/mol. The molecule has 5 heteroatoms. The Bertz CT molecular complexity index is 465. The van der Waals surface area contributed by atoms with Gasteiger partial charge >= 0.3 is 5.97 Å². The standard InChI is InChI=1S/C11H8BrNO3/c1-15-10(14)11(6-13)9(16-11)7-2-4-8(12)5-3-7/h2-5,9H,1H3/t9-,11+/m1/s1. The maximum Gasteiger partial charge on any atom is 0.356 e. The van der Waals surface area contributed by atoms with E-state index in [1.54, 1.807) is 12.1 Å². The van der Waals surface area contributed by atoms with Crippen molar-refractivity contribution in [3.05, 3.63) is 34.3 Å². The minimum atomic E-state index is -1.46. The number of hydrogen-bond acceptors (Lipinski definition) is 4. The molecule has 1 aliphatic heterocycles. The molecule has 1 aromatic rings. The van der Waals surface area contributed by atoms with Gasteiger partial charge in [0.25, 0.3) is 5.60 Å². The maximum absolute atomic E-state index is 11.4. The molecule has 0 spiro atoms. The summed E-state index contributed by atoms with van der Waals surface area (Å²) in [6.07, 6.45) is -0.530. The van der Waals surface area contributed by atoms with Crippen LogP contribution in [-0.2, 0) is 14.3 Å². The molecule has 1 aliphatic rings. The van der Waals surface area contributed by atoms with Crippen LogP contribution in [-0.4, -0.2) is 18.7 Å². The Labute approximate surface area is 101 Å². The second-order valence-corrected chi connectivity index (χ2v) is 4.30. The number of nitriles is 1. The molecule has 0 bridgehead atoms. The van der Waals surface area contributed by atoms with Crippen LogP contribution in [0.25, 0.3) is 0 Å². The molecule has 2 rings (SSSR count). The van der Waals surface area contributed by atoms with Crippen molar-refractivity contribution in [2.75, 3.05) is 7.11 Å². The first-order valence-electron chi connectivity index (χ1n) is 4.57. The van der Waals surface area contributed by atoms with Crippen molar-refractivity contribution in [2.24, 2.45) is 0 Å². The first kappa shape index (κ1) is 11.1. The van der Waals surface area contributed by atoms with Crippen LogP contribution in [0.1, 0.15) is 11.7 Å². The van der Waals surface area contributed by atoms with Gasteiger partial charge in [0.05, 0.1) is 7.11 Å². The van der Waals surface area contributed by atoms with Gasteiger partial charge in [0.1, 0.15) is 12.2 Å². The van der Waals surface area contributed by atoms with Crippen LogP contribution < -0.4 is 0 Å². The lowest BCUT2D eigenvalue weighted by Crippen LogP contribution is -2.24. The predicted molar refractivity (Wildman–Crippen MR) is 58.3 cm³/mol. The Kier molecular flexibility index (Phi) is 2.70. The van der Waals surface area contributed by atoms with Crippen LogP contribution in [0.3, 0.4) is 0 Å². The zero-order valence-electron chi connectivity index (χ0n) is 8.44. The largest absolute Gasteiger partial charge is 0.466 e. The minimum Gasteiger partial charge on any atom is -0.466 e. The highest BCUT2D eigenvalue weighted by Gasteiger charge is 2.65. The van der Waals surface area contributed by atoms with Crippen LogP contribution in [0.5, 0.6) is 0 Å². The Balaban J connectivity index is 2.25. The smallest absolute Gasteiger partial charge is 0.356 e. The first-order chi connectivity index (χ1) is 7.64. The van der Waals surface area contributed by atoms with Gasteiger partial charge in [-0.2, -0.15) is 5.26 Å². The van der Waals surface area contributed by atoms with Crippen molar-refractivity contribution in [1.82, 2.24) is 0 Å². The van der Waals surface area contributed by atoms with Crippen molar-refractivity contribution < 1.29 is 14.3 Å². The third kappa shape index (κ3) is 1.60. The van der Waals surface area contributed by atoms with Crippen LogP contribution in [0.15, 0.2) is 28.7 Å². The lowest BCUT2D eigenvalue weighted by atomic mass is 10.0. The number of halogens is 1. The number of methoxy groups -OCH3 is 1. The summed E-state index contributed by atoms with van der Waals surface area (Å²) < 4.78 is 10.7. The van der Waals surface area contributed by atoms with Crippen molar-refractivity contribution >= 4 is 21.9 Å². The van der Waals surface area contributed by atoms with E-state index in [1.807, 2.05) is 18.2 Å². The van der Waals surface area contributed by atoms with Gasteiger partial charge < -0.3 is 9.47 Å². The minimum absolute atomic E-state index is 0.530. The summed E-state index contributed by atoms with van der Waals surface area (Å²) in [6.45, 7) is 0. The van der Waals surface area contributed by atoms with Gasteiger partial charge in [-0.3, -0.25) is 0 Å². The van der Waals surface area contributed by atoms with E-state index in [1.165, 1.54) is 7.11 Å². The Morgan fingerprint density at radius 1 is 1.56 bits per heavy atom. The van der Waals surface area contributed by atoms with E-state index in [0.29, 0.717) is 0 Å². The van der Waals surface area contributed by atoms with E-state index in [4.69, 9.17) is 10.00 Å².